The van der Waals surface area contributed by atoms with E-state index in [9.17, 15) is 5.11 Å². The second kappa shape index (κ2) is 9.37. The molecule has 2 saturated heterocycles. The number of ether oxygens (including phenoxy) is 8. The highest BCUT2D eigenvalue weighted by molar-refractivity contribution is 4.90. The number of aliphatic hydroxyl groups excluding tert-OH is 1. The van der Waals surface area contributed by atoms with Crippen LogP contribution in [-0.2, 0) is 37.9 Å². The predicted molar refractivity (Wildman–Crippen MR) is 80.6 cm³/mol. The minimum atomic E-state index is -1.16. The second-order valence-corrected chi connectivity index (χ2v) is 5.68. The molecule has 24 heavy (non-hydrogen) atoms. The highest BCUT2D eigenvalue weighted by Crippen LogP contribution is 2.28. The van der Waals surface area contributed by atoms with E-state index >= 15 is 0 Å². The van der Waals surface area contributed by atoms with Crippen molar-refractivity contribution in [1.29, 1.82) is 0 Å². The number of hydrogen-bond donors (Lipinski definition) is 1. The second-order valence-electron chi connectivity index (χ2n) is 5.68. The Morgan fingerprint density at radius 2 is 1.17 bits per heavy atom. The molecule has 0 aromatic rings. The summed E-state index contributed by atoms with van der Waals surface area (Å²) < 4.78 is 44.1. The van der Waals surface area contributed by atoms with Gasteiger partial charge < -0.3 is 43.0 Å². The van der Waals surface area contributed by atoms with Crippen LogP contribution in [0, 0.1) is 0 Å². The highest BCUT2D eigenvalue weighted by Gasteiger charge is 2.48. The van der Waals surface area contributed by atoms with Crippen LogP contribution >= 0.6 is 0 Å². The van der Waals surface area contributed by atoms with Crippen molar-refractivity contribution in [3.63, 3.8) is 0 Å². The van der Waals surface area contributed by atoms with Crippen molar-refractivity contribution in [2.24, 2.45) is 0 Å². The molecular weight excluding hydrogens is 324 g/mol. The third kappa shape index (κ3) is 4.06. The Morgan fingerprint density at radius 1 is 0.667 bits per heavy atom. The first-order chi connectivity index (χ1) is 11.6. The predicted octanol–water partition coefficient (Wildman–Crippen LogP) is -0.848. The van der Waals surface area contributed by atoms with E-state index in [4.69, 9.17) is 37.9 Å². The van der Waals surface area contributed by atoms with E-state index in [-0.39, 0.29) is 31.5 Å². The van der Waals surface area contributed by atoms with Gasteiger partial charge >= 0.3 is 0 Å². The van der Waals surface area contributed by atoms with Crippen LogP contribution in [0.4, 0.5) is 0 Å². The Kier molecular flexibility index (Phi) is 7.79. The lowest BCUT2D eigenvalue weighted by Gasteiger charge is -2.44. The fraction of sp³-hybridized carbons (Fsp3) is 1.00. The lowest BCUT2D eigenvalue weighted by atomic mass is 10.0. The van der Waals surface area contributed by atoms with Crippen molar-refractivity contribution in [2.75, 3.05) is 48.8 Å². The van der Waals surface area contributed by atoms with Crippen LogP contribution in [0.15, 0.2) is 0 Å². The van der Waals surface area contributed by atoms with E-state index in [1.54, 1.807) is 21.3 Å². The van der Waals surface area contributed by atoms with Crippen LogP contribution < -0.4 is 0 Å². The van der Waals surface area contributed by atoms with Crippen LogP contribution in [0.1, 0.15) is 0 Å². The average Bonchev–Trinajstić information content (AvgIpc) is 2.62. The molecule has 2 rings (SSSR count). The molecule has 8 atom stereocenters. The molecule has 0 amide bonds. The molecular formula is C15H28O9. The van der Waals surface area contributed by atoms with E-state index in [0.717, 1.165) is 0 Å². The summed E-state index contributed by atoms with van der Waals surface area (Å²) in [6.45, 7) is 0.482. The Bertz CT molecular complexity index is 369. The van der Waals surface area contributed by atoms with Crippen LogP contribution in [0.3, 0.4) is 0 Å². The molecule has 0 saturated carbocycles. The van der Waals surface area contributed by atoms with Crippen molar-refractivity contribution in [3.05, 3.63) is 0 Å². The first kappa shape index (κ1) is 20.0. The number of hydrogen-bond acceptors (Lipinski definition) is 9. The first-order valence-corrected chi connectivity index (χ1v) is 7.81. The van der Waals surface area contributed by atoms with Crippen molar-refractivity contribution >= 4 is 0 Å². The Labute approximate surface area is 142 Å². The molecule has 9 nitrogen and oxygen atoms in total. The van der Waals surface area contributed by atoms with Gasteiger partial charge in [0.1, 0.15) is 36.6 Å². The Balaban J connectivity index is 2.11. The number of rotatable bonds is 7. The largest absolute Gasteiger partial charge is 0.376 e. The van der Waals surface area contributed by atoms with Gasteiger partial charge in [-0.25, -0.2) is 0 Å². The fourth-order valence-corrected chi connectivity index (χ4v) is 3.14. The Morgan fingerprint density at radius 3 is 1.67 bits per heavy atom. The minimum absolute atomic E-state index is 0.210. The van der Waals surface area contributed by atoms with Crippen molar-refractivity contribution < 1.29 is 43.0 Å². The lowest BCUT2D eigenvalue weighted by molar-refractivity contribution is -0.344. The summed E-state index contributed by atoms with van der Waals surface area (Å²) in [5, 5.41) is 10.2. The van der Waals surface area contributed by atoms with Gasteiger partial charge in [0.05, 0.1) is 13.2 Å². The summed E-state index contributed by atoms with van der Waals surface area (Å²) in [4.78, 5) is 0. The molecule has 2 aliphatic rings. The topological polar surface area (TPSA) is 94.1 Å². The van der Waals surface area contributed by atoms with Gasteiger partial charge in [0.2, 0.25) is 0 Å². The third-order valence-corrected chi connectivity index (χ3v) is 4.50. The zero-order valence-electron chi connectivity index (χ0n) is 14.7. The molecule has 0 spiro atoms. The van der Waals surface area contributed by atoms with E-state index in [0.29, 0.717) is 0 Å². The van der Waals surface area contributed by atoms with Gasteiger partial charge in [0.25, 0.3) is 0 Å². The quantitative estimate of drug-likeness (QED) is 0.629. The summed E-state index contributed by atoms with van der Waals surface area (Å²) in [6, 6.07) is 0. The van der Waals surface area contributed by atoms with Gasteiger partial charge in [-0.15, -0.1) is 0 Å². The highest BCUT2D eigenvalue weighted by atomic mass is 16.7. The van der Waals surface area contributed by atoms with E-state index in [2.05, 4.69) is 0 Å². The molecule has 1 N–H and O–H groups in total. The first-order valence-electron chi connectivity index (χ1n) is 7.81. The summed E-state index contributed by atoms with van der Waals surface area (Å²) in [6.07, 6.45) is -4.81. The van der Waals surface area contributed by atoms with Crippen LogP contribution in [-0.4, -0.2) is 103 Å². The van der Waals surface area contributed by atoms with Crippen LogP contribution in [0.25, 0.3) is 0 Å². The summed E-state index contributed by atoms with van der Waals surface area (Å²) in [7, 11) is 7.76. The van der Waals surface area contributed by atoms with Crippen LogP contribution in [0.5, 0.6) is 0 Å². The van der Waals surface area contributed by atoms with Gasteiger partial charge in [-0.3, -0.25) is 0 Å². The average molecular weight is 352 g/mol. The van der Waals surface area contributed by atoms with E-state index < -0.39 is 30.9 Å². The summed E-state index contributed by atoms with van der Waals surface area (Å²) >= 11 is 0. The number of aliphatic hydroxyl groups is 1. The normalized spacial score (nSPS) is 43.8. The van der Waals surface area contributed by atoms with Gasteiger partial charge in [-0.2, -0.15) is 0 Å². The molecule has 0 radical (unpaired) electrons. The molecule has 0 aromatic carbocycles. The summed E-state index contributed by atoms with van der Waals surface area (Å²) in [5.41, 5.74) is 0. The maximum absolute atomic E-state index is 10.2. The zero-order valence-corrected chi connectivity index (χ0v) is 14.7. The maximum atomic E-state index is 10.2. The molecule has 2 fully saturated rings. The molecule has 2 aliphatic heterocycles. The minimum Gasteiger partial charge on any atom is -0.376 e. The van der Waals surface area contributed by atoms with Gasteiger partial charge in [-0.05, 0) is 0 Å². The molecule has 0 aliphatic carbocycles. The monoisotopic (exact) mass is 352 g/mol. The van der Waals surface area contributed by atoms with E-state index in [1.165, 1.54) is 14.2 Å². The smallest absolute Gasteiger partial charge is 0.187 e. The molecule has 9 heteroatoms. The maximum Gasteiger partial charge on any atom is 0.187 e. The van der Waals surface area contributed by atoms with Crippen molar-refractivity contribution in [2.45, 2.75) is 49.2 Å². The molecule has 4 unspecified atom stereocenters. The van der Waals surface area contributed by atoms with E-state index in [1.807, 2.05) is 0 Å². The van der Waals surface area contributed by atoms with Crippen molar-refractivity contribution in [3.8, 4) is 0 Å². The van der Waals surface area contributed by atoms with Gasteiger partial charge in [0.15, 0.2) is 12.6 Å². The number of methoxy groups -OCH3 is 5. The zero-order chi connectivity index (χ0) is 17.7. The lowest BCUT2D eigenvalue weighted by Crippen LogP contribution is -2.61. The van der Waals surface area contributed by atoms with Crippen molar-refractivity contribution in [1.82, 2.24) is 0 Å². The molecule has 142 valence electrons. The fourth-order valence-electron chi connectivity index (χ4n) is 3.14. The van der Waals surface area contributed by atoms with Gasteiger partial charge in [0, 0.05) is 35.5 Å². The summed E-state index contributed by atoms with van der Waals surface area (Å²) in [5.74, 6) is 0. The molecule has 0 bridgehead atoms. The SMILES string of the molecule is COC1COC(O[C@@H]2[C@@H](OC)[C@H](OC)CO[C@H]2O)C(OC)C1OC. The molecule has 0 aromatic heterocycles. The van der Waals surface area contributed by atoms with Gasteiger partial charge in [-0.1, -0.05) is 0 Å². The molecule has 2 heterocycles. The van der Waals surface area contributed by atoms with Crippen LogP contribution in [0.2, 0.25) is 0 Å². The third-order valence-electron chi connectivity index (χ3n) is 4.50. The Hall–Kier alpha value is -0.360. The standard InChI is InChI=1S/C15H28O9/c1-17-8-6-22-14(16)12(10(8)19-3)24-15-13(21-5)11(20-4)9(18-2)7-23-15/h8-16H,6-7H2,1-5H3/t8-,9?,10+,11?,12-,13?,14-,15?/m1/s1.